The summed E-state index contributed by atoms with van der Waals surface area (Å²) in [7, 11) is 0. The molecule has 2 nitrogen and oxygen atoms in total. The van der Waals surface area contributed by atoms with E-state index in [1.807, 2.05) is 0 Å². The maximum absolute atomic E-state index is 4.66. The van der Waals surface area contributed by atoms with Crippen molar-refractivity contribution in [2.45, 2.75) is 31.6 Å². The number of pyridine rings is 1. The van der Waals surface area contributed by atoms with Gasteiger partial charge in [0, 0.05) is 18.2 Å². The van der Waals surface area contributed by atoms with Crippen LogP contribution in [0.15, 0.2) is 12.1 Å². The van der Waals surface area contributed by atoms with E-state index in [1.165, 1.54) is 36.9 Å². The van der Waals surface area contributed by atoms with Crippen molar-refractivity contribution >= 4 is 5.82 Å². The second-order valence-electron chi connectivity index (χ2n) is 4.05. The van der Waals surface area contributed by atoms with Crippen LogP contribution in [0.1, 0.15) is 36.4 Å². The molecule has 1 fully saturated rings. The summed E-state index contributed by atoms with van der Waals surface area (Å²) in [5, 5.41) is 3.37. The molecule has 1 aromatic heterocycles. The van der Waals surface area contributed by atoms with Crippen LogP contribution in [0, 0.1) is 0 Å². The fourth-order valence-electron chi connectivity index (χ4n) is 1.95. The van der Waals surface area contributed by atoms with Crippen molar-refractivity contribution in [1.82, 2.24) is 4.98 Å². The number of nitrogens with zero attached hydrogens (tertiary/aromatic N) is 1. The molecule has 2 heteroatoms. The highest BCUT2D eigenvalue weighted by Crippen LogP contribution is 2.39. The van der Waals surface area contributed by atoms with Crippen molar-refractivity contribution in [2.75, 3.05) is 11.9 Å². The third kappa shape index (κ3) is 1.30. The second kappa shape index (κ2) is 2.72. The zero-order valence-corrected chi connectivity index (χ0v) is 7.71. The number of nitrogens with one attached hydrogen (secondary N) is 1. The molecule has 1 aliphatic heterocycles. The summed E-state index contributed by atoms with van der Waals surface area (Å²) in [4.78, 5) is 4.66. The minimum absolute atomic E-state index is 0.772. The van der Waals surface area contributed by atoms with E-state index >= 15 is 0 Å². The molecule has 68 valence electrons. The Morgan fingerprint density at radius 3 is 3.08 bits per heavy atom. The molecule has 1 aromatic rings. The Bertz CT molecular complexity index is 329. The lowest BCUT2D eigenvalue weighted by molar-refractivity contribution is 0.810. The van der Waals surface area contributed by atoms with Crippen LogP contribution in [-0.4, -0.2) is 11.5 Å². The van der Waals surface area contributed by atoms with E-state index in [4.69, 9.17) is 0 Å². The molecular weight excluding hydrogens is 160 g/mol. The van der Waals surface area contributed by atoms with E-state index in [1.54, 1.807) is 0 Å². The molecule has 1 saturated carbocycles. The fraction of sp³-hybridized carbons (Fsp3) is 0.545. The summed E-state index contributed by atoms with van der Waals surface area (Å²) < 4.78 is 0. The molecule has 1 aliphatic carbocycles. The molecule has 0 saturated heterocycles. The smallest absolute Gasteiger partial charge is 0.129 e. The first kappa shape index (κ1) is 7.36. The number of aromatic nitrogens is 1. The summed E-state index contributed by atoms with van der Waals surface area (Å²) in [5.41, 5.74) is 2.70. The van der Waals surface area contributed by atoms with E-state index in [2.05, 4.69) is 22.4 Å². The van der Waals surface area contributed by atoms with Gasteiger partial charge < -0.3 is 5.32 Å². The molecule has 0 aromatic carbocycles. The van der Waals surface area contributed by atoms with Crippen molar-refractivity contribution in [3.05, 3.63) is 23.4 Å². The predicted molar refractivity (Wildman–Crippen MR) is 53.0 cm³/mol. The quantitative estimate of drug-likeness (QED) is 0.706. The lowest BCUT2D eigenvalue weighted by atomic mass is 10.1. The number of fused-ring (bicyclic) bond motifs is 1. The van der Waals surface area contributed by atoms with Gasteiger partial charge in [0.2, 0.25) is 0 Å². The third-order valence-electron chi connectivity index (χ3n) is 2.91. The molecule has 0 radical (unpaired) electrons. The summed E-state index contributed by atoms with van der Waals surface area (Å²) in [6, 6.07) is 4.46. The Morgan fingerprint density at radius 1 is 1.31 bits per heavy atom. The highest BCUT2D eigenvalue weighted by molar-refractivity contribution is 5.47. The Balaban J connectivity index is 1.98. The Morgan fingerprint density at radius 2 is 2.23 bits per heavy atom. The monoisotopic (exact) mass is 174 g/mol. The van der Waals surface area contributed by atoms with Gasteiger partial charge in [-0.05, 0) is 37.3 Å². The largest absolute Gasteiger partial charge is 0.370 e. The maximum atomic E-state index is 4.66. The molecule has 2 heterocycles. The van der Waals surface area contributed by atoms with Gasteiger partial charge in [-0.25, -0.2) is 4.98 Å². The lowest BCUT2D eigenvalue weighted by Gasteiger charge is -2.17. The van der Waals surface area contributed by atoms with Gasteiger partial charge in [-0.2, -0.15) is 0 Å². The first-order valence-corrected chi connectivity index (χ1v) is 5.17. The minimum atomic E-state index is 0.772. The zero-order chi connectivity index (χ0) is 8.67. The molecular formula is C11H14N2. The molecule has 3 rings (SSSR count). The molecule has 13 heavy (non-hydrogen) atoms. The van der Waals surface area contributed by atoms with Crippen molar-refractivity contribution in [3.63, 3.8) is 0 Å². The SMILES string of the molecule is c1cc2c(nc1C1CC1)NCCC2. The van der Waals surface area contributed by atoms with Gasteiger partial charge in [0.25, 0.3) is 0 Å². The van der Waals surface area contributed by atoms with Gasteiger partial charge in [0.05, 0.1) is 0 Å². The number of anilines is 1. The van der Waals surface area contributed by atoms with Gasteiger partial charge in [0.1, 0.15) is 5.82 Å². The standard InChI is InChI=1S/C11H14N2/c1-2-9-5-6-10(8-3-4-8)13-11(9)12-7-1/h5-6,8H,1-4,7H2,(H,12,13). The molecule has 0 bridgehead atoms. The topological polar surface area (TPSA) is 24.9 Å². The first-order valence-electron chi connectivity index (χ1n) is 5.17. The van der Waals surface area contributed by atoms with Crippen molar-refractivity contribution < 1.29 is 0 Å². The van der Waals surface area contributed by atoms with Crippen LogP contribution in [0.2, 0.25) is 0 Å². The van der Waals surface area contributed by atoms with Crippen LogP contribution >= 0.6 is 0 Å². The summed E-state index contributed by atoms with van der Waals surface area (Å²) >= 11 is 0. The van der Waals surface area contributed by atoms with Crippen molar-refractivity contribution in [2.24, 2.45) is 0 Å². The fourth-order valence-corrected chi connectivity index (χ4v) is 1.95. The minimum Gasteiger partial charge on any atom is -0.370 e. The first-order chi connectivity index (χ1) is 6.43. The van der Waals surface area contributed by atoms with Gasteiger partial charge in [-0.3, -0.25) is 0 Å². The third-order valence-corrected chi connectivity index (χ3v) is 2.91. The van der Waals surface area contributed by atoms with Crippen LogP contribution in [0.3, 0.4) is 0 Å². The lowest BCUT2D eigenvalue weighted by Crippen LogP contribution is -2.13. The van der Waals surface area contributed by atoms with E-state index in [0.29, 0.717) is 0 Å². The average molecular weight is 174 g/mol. The van der Waals surface area contributed by atoms with E-state index in [-0.39, 0.29) is 0 Å². The summed E-state index contributed by atoms with van der Waals surface area (Å²) in [6.45, 7) is 1.09. The number of hydrogen-bond acceptors (Lipinski definition) is 2. The van der Waals surface area contributed by atoms with Crippen LogP contribution in [0.4, 0.5) is 5.82 Å². The Labute approximate surface area is 78.4 Å². The molecule has 0 unspecified atom stereocenters. The average Bonchev–Trinajstić information content (AvgIpc) is 3.00. The Kier molecular flexibility index (Phi) is 1.54. The van der Waals surface area contributed by atoms with Gasteiger partial charge in [-0.15, -0.1) is 0 Å². The molecule has 1 N–H and O–H groups in total. The predicted octanol–water partition coefficient (Wildman–Crippen LogP) is 2.32. The summed E-state index contributed by atoms with van der Waals surface area (Å²) in [5.74, 6) is 1.92. The molecule has 2 aliphatic rings. The Hall–Kier alpha value is -1.05. The summed E-state index contributed by atoms with van der Waals surface area (Å²) in [6.07, 6.45) is 5.12. The van der Waals surface area contributed by atoms with Gasteiger partial charge in [0.15, 0.2) is 0 Å². The van der Waals surface area contributed by atoms with E-state index in [9.17, 15) is 0 Å². The number of aryl methyl sites for hydroxylation is 1. The van der Waals surface area contributed by atoms with Crippen LogP contribution in [0.25, 0.3) is 0 Å². The molecule has 0 amide bonds. The maximum Gasteiger partial charge on any atom is 0.129 e. The second-order valence-corrected chi connectivity index (χ2v) is 4.05. The van der Waals surface area contributed by atoms with Gasteiger partial charge in [-0.1, -0.05) is 6.07 Å². The van der Waals surface area contributed by atoms with Crippen molar-refractivity contribution in [3.8, 4) is 0 Å². The van der Waals surface area contributed by atoms with Crippen molar-refractivity contribution in [1.29, 1.82) is 0 Å². The van der Waals surface area contributed by atoms with Crippen LogP contribution < -0.4 is 5.32 Å². The zero-order valence-electron chi connectivity index (χ0n) is 7.71. The van der Waals surface area contributed by atoms with Crippen LogP contribution in [-0.2, 0) is 6.42 Å². The number of hydrogen-bond donors (Lipinski definition) is 1. The van der Waals surface area contributed by atoms with Crippen LogP contribution in [0.5, 0.6) is 0 Å². The molecule has 0 spiro atoms. The highest BCUT2D eigenvalue weighted by atomic mass is 15.0. The highest BCUT2D eigenvalue weighted by Gasteiger charge is 2.25. The number of rotatable bonds is 1. The molecule has 0 atom stereocenters. The van der Waals surface area contributed by atoms with E-state index < -0.39 is 0 Å². The van der Waals surface area contributed by atoms with E-state index in [0.717, 1.165) is 18.3 Å². The normalized spacial score (nSPS) is 20.6. The van der Waals surface area contributed by atoms with Gasteiger partial charge >= 0.3 is 0 Å².